The van der Waals surface area contributed by atoms with Gasteiger partial charge >= 0.3 is 5.69 Å². The number of benzene rings is 2. The minimum absolute atomic E-state index is 0.0767. The van der Waals surface area contributed by atoms with Crippen LogP contribution in [-0.4, -0.2) is 24.5 Å². The number of aryl methyl sites for hydroxylation is 2. The number of nitrogens with zero attached hydrogens (tertiary/aromatic N) is 1. The molecular formula is C16H17N3O4S. The lowest BCUT2D eigenvalue weighted by molar-refractivity contribution is 0.402. The van der Waals surface area contributed by atoms with Gasteiger partial charge in [-0.2, -0.15) is 3.97 Å². The molecule has 0 amide bonds. The number of methoxy groups -OCH3 is 1. The lowest BCUT2D eigenvalue weighted by Crippen LogP contribution is -2.25. The van der Waals surface area contributed by atoms with E-state index in [0.717, 1.165) is 15.1 Å². The topological polar surface area (TPSA) is 107 Å². The number of fused-ring (bicyclic) bond motifs is 1. The number of nitrogen functional groups attached to an aromatic ring is 1. The maximum Gasteiger partial charge on any atom is 0.340 e. The predicted molar refractivity (Wildman–Crippen MR) is 92.0 cm³/mol. The summed E-state index contributed by atoms with van der Waals surface area (Å²) in [6, 6.07) is 7.88. The van der Waals surface area contributed by atoms with Gasteiger partial charge in [-0.1, -0.05) is 6.07 Å². The SMILES string of the molecule is COc1ccc(C)cc1S(=O)(=O)n1c(=O)[nH]c2cc(C)c(N)cc21. The normalized spacial score (nSPS) is 11.8. The number of hydrogen-bond donors (Lipinski definition) is 2. The first kappa shape index (κ1) is 16.1. The molecule has 7 nitrogen and oxygen atoms in total. The molecule has 0 bridgehead atoms. The van der Waals surface area contributed by atoms with E-state index >= 15 is 0 Å². The van der Waals surface area contributed by atoms with Crippen LogP contribution in [0.5, 0.6) is 5.75 Å². The van der Waals surface area contributed by atoms with Crippen molar-refractivity contribution in [2.24, 2.45) is 0 Å². The average Bonchev–Trinajstić information content (AvgIpc) is 2.83. The standard InChI is InChI=1S/C16H17N3O4S/c1-9-4-5-14(23-3)15(6-9)24(21,22)19-13-8-11(17)10(2)7-12(13)18-16(19)20/h4-8H,17H2,1-3H3,(H,18,20). The van der Waals surface area contributed by atoms with Gasteiger partial charge in [-0.15, -0.1) is 0 Å². The highest BCUT2D eigenvalue weighted by atomic mass is 32.2. The first-order valence-electron chi connectivity index (χ1n) is 7.17. The lowest BCUT2D eigenvalue weighted by atomic mass is 10.2. The fraction of sp³-hybridized carbons (Fsp3) is 0.188. The molecule has 0 unspecified atom stereocenters. The van der Waals surface area contributed by atoms with Crippen LogP contribution >= 0.6 is 0 Å². The van der Waals surface area contributed by atoms with Crippen LogP contribution in [0.2, 0.25) is 0 Å². The largest absolute Gasteiger partial charge is 0.495 e. The van der Waals surface area contributed by atoms with Crippen LogP contribution in [0.15, 0.2) is 40.0 Å². The van der Waals surface area contributed by atoms with Crippen molar-refractivity contribution in [2.45, 2.75) is 18.7 Å². The summed E-state index contributed by atoms with van der Waals surface area (Å²) in [5.74, 6) is 0.168. The predicted octanol–water partition coefficient (Wildman–Crippen LogP) is 1.77. The van der Waals surface area contributed by atoms with Crippen LogP contribution in [0.4, 0.5) is 5.69 Å². The molecule has 8 heteroatoms. The monoisotopic (exact) mass is 347 g/mol. The molecule has 1 heterocycles. The van der Waals surface area contributed by atoms with E-state index in [-0.39, 0.29) is 16.2 Å². The van der Waals surface area contributed by atoms with Gasteiger partial charge in [-0.25, -0.2) is 13.2 Å². The Morgan fingerprint density at radius 3 is 2.54 bits per heavy atom. The van der Waals surface area contributed by atoms with Crippen molar-refractivity contribution in [1.82, 2.24) is 8.96 Å². The maximum atomic E-state index is 13.1. The van der Waals surface area contributed by atoms with Crippen LogP contribution in [0.1, 0.15) is 11.1 Å². The Morgan fingerprint density at radius 1 is 1.17 bits per heavy atom. The number of nitrogens with one attached hydrogen (secondary N) is 1. The van der Waals surface area contributed by atoms with Gasteiger partial charge in [-0.3, -0.25) is 0 Å². The van der Waals surface area contributed by atoms with Gasteiger partial charge in [0.1, 0.15) is 10.6 Å². The van der Waals surface area contributed by atoms with Crippen LogP contribution in [0.25, 0.3) is 11.0 Å². The Labute approximate surface area is 138 Å². The number of H-pyrrole nitrogens is 1. The summed E-state index contributed by atoms with van der Waals surface area (Å²) in [5.41, 5.74) is 7.62. The zero-order valence-corrected chi connectivity index (χ0v) is 14.3. The molecule has 3 rings (SSSR count). The number of anilines is 1. The Bertz CT molecular complexity index is 1110. The average molecular weight is 347 g/mol. The van der Waals surface area contributed by atoms with Gasteiger partial charge in [0.2, 0.25) is 0 Å². The van der Waals surface area contributed by atoms with Gasteiger partial charge < -0.3 is 15.5 Å². The first-order valence-corrected chi connectivity index (χ1v) is 8.61. The second-order valence-corrected chi connectivity index (χ2v) is 7.33. The summed E-state index contributed by atoms with van der Waals surface area (Å²) in [5, 5.41) is 0. The number of rotatable bonds is 3. The van der Waals surface area contributed by atoms with Crippen molar-refractivity contribution in [3.05, 3.63) is 51.9 Å². The Hall–Kier alpha value is -2.74. The molecule has 0 spiro atoms. The maximum absolute atomic E-state index is 13.1. The molecule has 0 aliphatic heterocycles. The number of imidazole rings is 1. The number of nitrogens with two attached hydrogens (primary N) is 1. The summed E-state index contributed by atoms with van der Waals surface area (Å²) < 4.78 is 32.0. The number of ether oxygens (including phenoxy) is 1. The van der Waals surface area contributed by atoms with Crippen molar-refractivity contribution in [2.75, 3.05) is 12.8 Å². The van der Waals surface area contributed by atoms with Gasteiger partial charge in [0.05, 0.1) is 18.1 Å². The smallest absolute Gasteiger partial charge is 0.340 e. The molecule has 0 atom stereocenters. The molecule has 2 aromatic carbocycles. The van der Waals surface area contributed by atoms with Crippen molar-refractivity contribution >= 4 is 26.7 Å². The Kier molecular flexibility index (Phi) is 3.64. The molecule has 3 N–H and O–H groups in total. The van der Waals surface area contributed by atoms with Crippen LogP contribution in [0.3, 0.4) is 0 Å². The third-order valence-corrected chi connectivity index (χ3v) is 5.58. The fourth-order valence-electron chi connectivity index (χ4n) is 2.58. The van der Waals surface area contributed by atoms with Crippen molar-refractivity contribution in [3.63, 3.8) is 0 Å². The van der Waals surface area contributed by atoms with Gasteiger partial charge in [0.15, 0.2) is 0 Å². The van der Waals surface area contributed by atoms with E-state index in [1.807, 2.05) is 0 Å². The Balaban J connectivity index is 2.39. The first-order chi connectivity index (χ1) is 11.3. The van der Waals surface area contributed by atoms with E-state index < -0.39 is 15.7 Å². The van der Waals surface area contributed by atoms with Crippen molar-refractivity contribution in [3.8, 4) is 5.75 Å². The van der Waals surface area contributed by atoms with E-state index in [2.05, 4.69) is 4.98 Å². The molecule has 3 aromatic rings. The van der Waals surface area contributed by atoms with Crippen LogP contribution < -0.4 is 16.2 Å². The van der Waals surface area contributed by atoms with E-state index in [4.69, 9.17) is 10.5 Å². The molecule has 126 valence electrons. The highest BCUT2D eigenvalue weighted by Gasteiger charge is 2.26. The third-order valence-electron chi connectivity index (χ3n) is 3.87. The zero-order chi connectivity index (χ0) is 17.6. The van der Waals surface area contributed by atoms with E-state index in [1.165, 1.54) is 19.2 Å². The molecule has 0 aliphatic carbocycles. The number of aromatic amines is 1. The summed E-state index contributed by atoms with van der Waals surface area (Å²) >= 11 is 0. The lowest BCUT2D eigenvalue weighted by Gasteiger charge is -2.11. The molecule has 24 heavy (non-hydrogen) atoms. The van der Waals surface area contributed by atoms with Gasteiger partial charge in [-0.05, 0) is 49.2 Å². The van der Waals surface area contributed by atoms with E-state index in [0.29, 0.717) is 11.2 Å². The molecule has 0 aliphatic rings. The van der Waals surface area contributed by atoms with Crippen LogP contribution in [-0.2, 0) is 10.0 Å². The molecule has 0 saturated carbocycles. The summed E-state index contributed by atoms with van der Waals surface area (Å²) in [6.45, 7) is 3.54. The number of hydrogen-bond acceptors (Lipinski definition) is 5. The molecule has 0 radical (unpaired) electrons. The van der Waals surface area contributed by atoms with Crippen molar-refractivity contribution in [1.29, 1.82) is 0 Å². The summed E-state index contributed by atoms with van der Waals surface area (Å²) in [6.07, 6.45) is 0. The number of aromatic nitrogens is 2. The molecule has 1 aromatic heterocycles. The summed E-state index contributed by atoms with van der Waals surface area (Å²) in [4.78, 5) is 14.8. The summed E-state index contributed by atoms with van der Waals surface area (Å²) in [7, 11) is -2.78. The molecular weight excluding hydrogens is 330 g/mol. The van der Waals surface area contributed by atoms with E-state index in [1.54, 1.807) is 32.0 Å². The fourth-order valence-corrected chi connectivity index (χ4v) is 4.19. The van der Waals surface area contributed by atoms with Gasteiger partial charge in [0.25, 0.3) is 10.0 Å². The van der Waals surface area contributed by atoms with E-state index in [9.17, 15) is 13.2 Å². The zero-order valence-electron chi connectivity index (χ0n) is 13.5. The minimum Gasteiger partial charge on any atom is -0.495 e. The second-order valence-electron chi connectivity index (χ2n) is 5.58. The molecule has 0 fully saturated rings. The highest BCUT2D eigenvalue weighted by molar-refractivity contribution is 7.90. The minimum atomic E-state index is -4.16. The second kappa shape index (κ2) is 5.41. The third kappa shape index (κ3) is 2.35. The molecule has 0 saturated heterocycles. The van der Waals surface area contributed by atoms with Crippen molar-refractivity contribution < 1.29 is 13.2 Å². The van der Waals surface area contributed by atoms with Crippen LogP contribution in [0, 0.1) is 13.8 Å². The highest BCUT2D eigenvalue weighted by Crippen LogP contribution is 2.28. The quantitative estimate of drug-likeness (QED) is 0.702. The van der Waals surface area contributed by atoms with Gasteiger partial charge in [0, 0.05) is 5.69 Å². The Morgan fingerprint density at radius 2 is 1.88 bits per heavy atom.